The minimum Gasteiger partial charge on any atom is -0.457 e. The number of para-hydroxylation sites is 2. The Morgan fingerprint density at radius 2 is 1.05 bits per heavy atom. The number of benzene rings is 3. The van der Waals surface area contributed by atoms with E-state index in [-0.39, 0.29) is 0 Å². The molecular formula is C19H11BO2. The van der Waals surface area contributed by atoms with E-state index in [9.17, 15) is 0 Å². The summed E-state index contributed by atoms with van der Waals surface area (Å²) in [6.45, 7) is 0. The Kier molecular flexibility index (Phi) is 2.14. The van der Waals surface area contributed by atoms with Crippen LogP contribution in [-0.2, 0) is 5.31 Å². The third-order valence-corrected chi connectivity index (χ3v) is 4.45. The monoisotopic (exact) mass is 282 g/mol. The van der Waals surface area contributed by atoms with Crippen LogP contribution in [0.4, 0.5) is 0 Å². The fourth-order valence-electron chi connectivity index (χ4n) is 3.48. The Morgan fingerprint density at radius 1 is 0.591 bits per heavy atom. The fraction of sp³-hybridized carbons (Fsp3) is 0.0526. The lowest BCUT2D eigenvalue weighted by Crippen LogP contribution is -2.36. The van der Waals surface area contributed by atoms with Gasteiger partial charge in [-0.25, -0.2) is 0 Å². The van der Waals surface area contributed by atoms with Gasteiger partial charge in [0.2, 0.25) is 0 Å². The minimum atomic E-state index is -0.754. The molecule has 0 bridgehead atoms. The molecule has 22 heavy (non-hydrogen) atoms. The van der Waals surface area contributed by atoms with E-state index in [1.54, 1.807) is 0 Å². The van der Waals surface area contributed by atoms with E-state index in [2.05, 4.69) is 0 Å². The van der Waals surface area contributed by atoms with Crippen molar-refractivity contribution >= 4 is 7.85 Å². The van der Waals surface area contributed by atoms with Gasteiger partial charge in [0.05, 0.1) is 7.85 Å². The van der Waals surface area contributed by atoms with Crippen LogP contribution >= 0.6 is 0 Å². The molecule has 2 heterocycles. The van der Waals surface area contributed by atoms with Gasteiger partial charge in [-0.2, -0.15) is 0 Å². The zero-order valence-electron chi connectivity index (χ0n) is 11.7. The third-order valence-electron chi connectivity index (χ3n) is 4.45. The van der Waals surface area contributed by atoms with Crippen molar-refractivity contribution < 1.29 is 9.47 Å². The van der Waals surface area contributed by atoms with Gasteiger partial charge in [-0.1, -0.05) is 42.5 Å². The Morgan fingerprint density at radius 3 is 1.59 bits per heavy atom. The van der Waals surface area contributed by atoms with Crippen LogP contribution in [0.15, 0.2) is 66.7 Å². The number of ether oxygens (including phenoxy) is 2. The van der Waals surface area contributed by atoms with Crippen LogP contribution in [0.1, 0.15) is 16.7 Å². The van der Waals surface area contributed by atoms with Crippen molar-refractivity contribution in [3.63, 3.8) is 0 Å². The maximum absolute atomic E-state index is 6.99. The largest absolute Gasteiger partial charge is 0.457 e. The maximum Gasteiger partial charge on any atom is 0.134 e. The summed E-state index contributed by atoms with van der Waals surface area (Å²) in [7, 11) is 6.99. The van der Waals surface area contributed by atoms with Gasteiger partial charge in [0, 0.05) is 22.0 Å². The Bertz CT molecular complexity index is 849. The molecule has 3 heteroatoms. The highest BCUT2D eigenvalue weighted by Gasteiger charge is 2.45. The van der Waals surface area contributed by atoms with Gasteiger partial charge in [-0.15, -0.1) is 0 Å². The highest BCUT2D eigenvalue weighted by Crippen LogP contribution is 2.57. The second-order valence-corrected chi connectivity index (χ2v) is 5.63. The van der Waals surface area contributed by atoms with E-state index in [0.717, 1.165) is 39.7 Å². The van der Waals surface area contributed by atoms with E-state index < -0.39 is 5.31 Å². The summed E-state index contributed by atoms with van der Waals surface area (Å²) < 4.78 is 12.1. The fourth-order valence-corrected chi connectivity index (χ4v) is 3.48. The van der Waals surface area contributed by atoms with Gasteiger partial charge >= 0.3 is 0 Å². The van der Waals surface area contributed by atoms with E-state index in [4.69, 9.17) is 17.3 Å². The predicted octanol–water partition coefficient (Wildman–Crippen LogP) is 4.36. The van der Waals surface area contributed by atoms with Crippen LogP contribution < -0.4 is 9.47 Å². The lowest BCUT2D eigenvalue weighted by molar-refractivity contribution is 0.399. The van der Waals surface area contributed by atoms with Crippen molar-refractivity contribution in [3.05, 3.63) is 83.4 Å². The molecule has 0 aliphatic carbocycles. The van der Waals surface area contributed by atoms with Crippen molar-refractivity contribution in [2.75, 3.05) is 0 Å². The molecule has 3 aromatic carbocycles. The summed E-state index contributed by atoms with van der Waals surface area (Å²) in [4.78, 5) is 0. The van der Waals surface area contributed by atoms with E-state index in [1.165, 1.54) is 0 Å². The molecule has 3 aromatic rings. The summed E-state index contributed by atoms with van der Waals surface area (Å²) in [5.74, 6) is 3.11. The lowest BCUT2D eigenvalue weighted by atomic mass is 9.54. The Hall–Kier alpha value is -2.68. The first-order valence-corrected chi connectivity index (χ1v) is 7.25. The van der Waals surface area contributed by atoms with Crippen LogP contribution in [0.25, 0.3) is 0 Å². The van der Waals surface area contributed by atoms with Crippen molar-refractivity contribution in [1.82, 2.24) is 0 Å². The first kappa shape index (κ1) is 11.9. The number of fused-ring (bicyclic) bond motifs is 4. The normalized spacial score (nSPS) is 15.6. The molecule has 0 saturated heterocycles. The second-order valence-electron chi connectivity index (χ2n) is 5.63. The minimum absolute atomic E-state index is 0.754. The topological polar surface area (TPSA) is 18.5 Å². The van der Waals surface area contributed by atoms with E-state index >= 15 is 0 Å². The van der Waals surface area contributed by atoms with Gasteiger partial charge in [0.1, 0.15) is 23.0 Å². The highest BCUT2D eigenvalue weighted by atomic mass is 16.5. The zero-order valence-corrected chi connectivity index (χ0v) is 11.7. The average Bonchev–Trinajstić information content (AvgIpc) is 2.55. The van der Waals surface area contributed by atoms with Gasteiger partial charge in [-0.3, -0.25) is 0 Å². The van der Waals surface area contributed by atoms with E-state index in [1.807, 2.05) is 66.7 Å². The number of hydrogen-bond acceptors (Lipinski definition) is 2. The van der Waals surface area contributed by atoms with Gasteiger partial charge < -0.3 is 9.47 Å². The first-order valence-electron chi connectivity index (χ1n) is 7.25. The molecule has 0 aromatic heterocycles. The highest BCUT2D eigenvalue weighted by molar-refractivity contribution is 6.22. The predicted molar refractivity (Wildman–Crippen MR) is 85.1 cm³/mol. The van der Waals surface area contributed by atoms with Crippen molar-refractivity contribution in [2.24, 2.45) is 0 Å². The van der Waals surface area contributed by atoms with Gasteiger partial charge in [-0.05, 0) is 24.3 Å². The van der Waals surface area contributed by atoms with Gasteiger partial charge in [0.15, 0.2) is 0 Å². The van der Waals surface area contributed by atoms with Crippen LogP contribution in [0, 0.1) is 0 Å². The summed E-state index contributed by atoms with van der Waals surface area (Å²) in [5, 5.41) is -0.754. The molecule has 102 valence electrons. The molecular weight excluding hydrogens is 271 g/mol. The summed E-state index contributed by atoms with van der Waals surface area (Å²) in [6, 6.07) is 21.7. The van der Waals surface area contributed by atoms with Crippen molar-refractivity contribution in [3.8, 4) is 23.0 Å². The molecule has 0 amide bonds. The quantitative estimate of drug-likeness (QED) is 0.570. The zero-order chi connectivity index (χ0) is 14.7. The molecule has 0 unspecified atom stereocenters. The molecule has 2 aliphatic rings. The lowest BCUT2D eigenvalue weighted by Gasteiger charge is -2.42. The smallest absolute Gasteiger partial charge is 0.134 e. The van der Waals surface area contributed by atoms with Crippen molar-refractivity contribution in [2.45, 2.75) is 5.31 Å². The SMILES string of the molecule is [B]C12c3ccccc3Oc3cccc(c31)Oc1ccccc12. The second kappa shape index (κ2) is 3.95. The molecule has 2 radical (unpaired) electrons. The first-order chi connectivity index (χ1) is 10.8. The molecule has 0 fully saturated rings. The van der Waals surface area contributed by atoms with Gasteiger partial charge in [0.25, 0.3) is 0 Å². The molecule has 2 aliphatic heterocycles. The van der Waals surface area contributed by atoms with Crippen LogP contribution in [-0.4, -0.2) is 7.85 Å². The standard InChI is InChI=1S/C19H11BO2/c20-19-12-6-1-3-8-14(12)21-16-10-5-11-17(18(16)19)22-15-9-4-2-7-13(15)19/h1-11H. The molecule has 5 rings (SSSR count). The van der Waals surface area contributed by atoms with Crippen LogP contribution in [0.3, 0.4) is 0 Å². The molecule has 0 spiro atoms. The third kappa shape index (κ3) is 1.31. The van der Waals surface area contributed by atoms with E-state index in [0.29, 0.717) is 0 Å². The summed E-state index contributed by atoms with van der Waals surface area (Å²) >= 11 is 0. The molecule has 0 atom stereocenters. The maximum atomic E-state index is 6.99. The molecule has 2 nitrogen and oxygen atoms in total. The molecule has 0 N–H and O–H groups in total. The molecule has 0 saturated carbocycles. The Labute approximate surface area is 129 Å². The summed E-state index contributed by atoms with van der Waals surface area (Å²) in [6.07, 6.45) is 0. The average molecular weight is 282 g/mol. The number of rotatable bonds is 0. The van der Waals surface area contributed by atoms with Crippen molar-refractivity contribution in [1.29, 1.82) is 0 Å². The number of hydrogen-bond donors (Lipinski definition) is 0. The Balaban J connectivity index is 1.95. The van der Waals surface area contributed by atoms with Crippen LogP contribution in [0.2, 0.25) is 0 Å². The summed E-state index contributed by atoms with van der Waals surface area (Å²) in [5.41, 5.74) is 2.82. The van der Waals surface area contributed by atoms with Crippen LogP contribution in [0.5, 0.6) is 23.0 Å².